The number of hydrogen-bond donors (Lipinski definition) is 1. The van der Waals surface area contributed by atoms with Crippen LogP contribution in [-0.4, -0.2) is 52.2 Å². The highest BCUT2D eigenvalue weighted by atomic mass is 16.5. The molecule has 2 amide bonds. The molecule has 1 N–H and O–H groups in total. The number of benzene rings is 2. The number of amides is 2. The quantitative estimate of drug-likeness (QED) is 0.379. The molecule has 1 aliphatic rings. The Morgan fingerprint density at radius 2 is 1.89 bits per heavy atom. The zero-order valence-corrected chi connectivity index (χ0v) is 20.9. The molecular weight excluding hydrogens is 452 g/mol. The van der Waals surface area contributed by atoms with Gasteiger partial charge in [-0.2, -0.15) is 4.98 Å². The summed E-state index contributed by atoms with van der Waals surface area (Å²) in [6, 6.07) is 17.8. The van der Waals surface area contributed by atoms with E-state index in [1.165, 1.54) is 0 Å². The number of urea groups is 1. The number of aryl methyl sites for hydroxylation is 2. The number of nitrogens with zero attached hydrogens (tertiary/aromatic N) is 5. The Kier molecular flexibility index (Phi) is 7.11. The summed E-state index contributed by atoms with van der Waals surface area (Å²) in [5.41, 5.74) is 4.17. The van der Waals surface area contributed by atoms with E-state index in [2.05, 4.69) is 22.3 Å². The average molecular weight is 485 g/mol. The van der Waals surface area contributed by atoms with Crippen molar-refractivity contribution in [2.45, 2.75) is 39.5 Å². The Morgan fingerprint density at radius 1 is 1.03 bits per heavy atom. The van der Waals surface area contributed by atoms with Gasteiger partial charge in [-0.3, -0.25) is 0 Å². The minimum Gasteiger partial charge on any atom is -0.354 e. The van der Waals surface area contributed by atoms with Gasteiger partial charge >= 0.3 is 6.03 Å². The van der Waals surface area contributed by atoms with Gasteiger partial charge in [-0.15, -0.1) is 0 Å². The highest BCUT2D eigenvalue weighted by molar-refractivity contribution is 5.98. The van der Waals surface area contributed by atoms with Gasteiger partial charge < -0.3 is 19.6 Å². The van der Waals surface area contributed by atoms with Crippen LogP contribution in [0.3, 0.4) is 0 Å². The Hall–Kier alpha value is -3.94. The van der Waals surface area contributed by atoms with Crippen molar-refractivity contribution in [3.63, 3.8) is 0 Å². The number of anilines is 2. The minimum absolute atomic E-state index is 0.0751. The van der Waals surface area contributed by atoms with Crippen molar-refractivity contribution in [1.82, 2.24) is 20.0 Å². The smallest absolute Gasteiger partial charge is 0.321 e. The van der Waals surface area contributed by atoms with Crippen molar-refractivity contribution in [2.75, 3.05) is 36.4 Å². The van der Waals surface area contributed by atoms with E-state index in [-0.39, 0.29) is 6.03 Å². The molecule has 0 spiro atoms. The van der Waals surface area contributed by atoms with Crippen LogP contribution in [0.2, 0.25) is 0 Å². The number of aromatic nitrogens is 3. The van der Waals surface area contributed by atoms with E-state index in [4.69, 9.17) is 14.5 Å². The third kappa shape index (κ3) is 5.17. The Bertz CT molecular complexity index is 1340. The summed E-state index contributed by atoms with van der Waals surface area (Å²) in [6.45, 7) is 6.91. The Balaban J connectivity index is 1.42. The lowest BCUT2D eigenvalue weighted by Gasteiger charge is -2.24. The van der Waals surface area contributed by atoms with Crippen LogP contribution in [0.25, 0.3) is 22.4 Å². The molecule has 186 valence electrons. The lowest BCUT2D eigenvalue weighted by Crippen LogP contribution is -2.38. The van der Waals surface area contributed by atoms with Gasteiger partial charge in [0.2, 0.25) is 0 Å². The van der Waals surface area contributed by atoms with Crippen LogP contribution in [0.15, 0.2) is 59.1 Å². The van der Waals surface area contributed by atoms with Gasteiger partial charge in [0.1, 0.15) is 22.7 Å². The lowest BCUT2D eigenvalue weighted by atomic mass is 10.1. The number of nitrogens with one attached hydrogen (secondary N) is 1. The molecule has 2 aromatic heterocycles. The highest BCUT2D eigenvalue weighted by Crippen LogP contribution is 2.34. The normalized spacial score (nSPS) is 14.2. The predicted octanol–water partition coefficient (Wildman–Crippen LogP) is 5.68. The van der Waals surface area contributed by atoms with E-state index in [0.717, 1.165) is 71.8 Å². The van der Waals surface area contributed by atoms with E-state index < -0.39 is 0 Å². The van der Waals surface area contributed by atoms with Crippen LogP contribution in [0.5, 0.6) is 0 Å². The molecule has 5 rings (SSSR count). The fourth-order valence-corrected chi connectivity index (χ4v) is 4.61. The molecule has 1 fully saturated rings. The highest BCUT2D eigenvalue weighted by Gasteiger charge is 2.25. The average Bonchev–Trinajstić information content (AvgIpc) is 3.16. The number of unbranched alkanes of at least 4 members (excludes halogenated alkanes) is 1. The van der Waals surface area contributed by atoms with E-state index in [1.54, 1.807) is 0 Å². The molecule has 0 saturated carbocycles. The number of rotatable bonds is 6. The maximum Gasteiger partial charge on any atom is 0.321 e. The standard InChI is InChI=1S/C28H32N6O2/c1-3-4-14-23-30-26(24-25(32-36-27(24)31-23)21-11-6-5-7-12-21)33-15-9-16-34(18-17-33)28(35)29-22-13-8-10-20(2)19-22/h5-8,10-13,19H,3-4,9,14-18H2,1-2H3,(H,29,35). The van der Waals surface area contributed by atoms with E-state index in [9.17, 15) is 4.79 Å². The monoisotopic (exact) mass is 484 g/mol. The molecule has 3 heterocycles. The number of hydrogen-bond acceptors (Lipinski definition) is 6. The molecule has 4 aromatic rings. The molecule has 0 bridgehead atoms. The third-order valence-corrected chi connectivity index (χ3v) is 6.52. The second-order valence-corrected chi connectivity index (χ2v) is 9.27. The van der Waals surface area contributed by atoms with Crippen molar-refractivity contribution in [3.8, 4) is 11.3 Å². The van der Waals surface area contributed by atoms with Gasteiger partial charge in [0.25, 0.3) is 5.71 Å². The van der Waals surface area contributed by atoms with Crippen LogP contribution in [0, 0.1) is 6.92 Å². The SMILES string of the molecule is CCCCc1nc(N2CCCN(C(=O)Nc3cccc(C)c3)CC2)c2c(-c3ccccc3)noc2n1. The van der Waals surface area contributed by atoms with Crippen molar-refractivity contribution >= 4 is 28.6 Å². The van der Waals surface area contributed by atoms with Gasteiger partial charge in [-0.25, -0.2) is 9.78 Å². The van der Waals surface area contributed by atoms with Gasteiger partial charge in [0.15, 0.2) is 0 Å². The lowest BCUT2D eigenvalue weighted by molar-refractivity contribution is 0.215. The summed E-state index contributed by atoms with van der Waals surface area (Å²) >= 11 is 0. The van der Waals surface area contributed by atoms with Crippen LogP contribution in [0.1, 0.15) is 37.6 Å². The molecule has 8 heteroatoms. The molecule has 1 aliphatic heterocycles. The fraction of sp³-hybridized carbons (Fsp3) is 0.357. The molecule has 8 nitrogen and oxygen atoms in total. The van der Waals surface area contributed by atoms with E-state index >= 15 is 0 Å². The first-order valence-electron chi connectivity index (χ1n) is 12.7. The molecule has 0 aliphatic carbocycles. The summed E-state index contributed by atoms with van der Waals surface area (Å²) in [4.78, 5) is 26.8. The molecule has 2 aromatic carbocycles. The van der Waals surface area contributed by atoms with Gasteiger partial charge in [-0.1, -0.05) is 61.0 Å². The first-order chi connectivity index (χ1) is 17.6. The summed E-state index contributed by atoms with van der Waals surface area (Å²) in [5, 5.41) is 8.26. The Labute approximate surface area is 211 Å². The zero-order chi connectivity index (χ0) is 24.9. The summed E-state index contributed by atoms with van der Waals surface area (Å²) in [6.07, 6.45) is 3.71. The van der Waals surface area contributed by atoms with Gasteiger partial charge in [0, 0.05) is 43.9 Å². The van der Waals surface area contributed by atoms with Crippen molar-refractivity contribution in [2.24, 2.45) is 0 Å². The van der Waals surface area contributed by atoms with Crippen molar-refractivity contribution in [1.29, 1.82) is 0 Å². The predicted molar refractivity (Wildman–Crippen MR) is 142 cm³/mol. The van der Waals surface area contributed by atoms with Crippen LogP contribution in [0.4, 0.5) is 16.3 Å². The second-order valence-electron chi connectivity index (χ2n) is 9.27. The fourth-order valence-electron chi connectivity index (χ4n) is 4.61. The molecule has 36 heavy (non-hydrogen) atoms. The minimum atomic E-state index is -0.0751. The Morgan fingerprint density at radius 3 is 2.69 bits per heavy atom. The summed E-state index contributed by atoms with van der Waals surface area (Å²) in [7, 11) is 0. The second kappa shape index (κ2) is 10.8. The van der Waals surface area contributed by atoms with E-state index in [1.807, 2.05) is 66.4 Å². The van der Waals surface area contributed by atoms with E-state index in [0.29, 0.717) is 25.3 Å². The topological polar surface area (TPSA) is 87.4 Å². The molecule has 1 saturated heterocycles. The molecule has 0 radical (unpaired) electrons. The first kappa shape index (κ1) is 23.8. The summed E-state index contributed by atoms with van der Waals surface area (Å²) in [5.74, 6) is 1.61. The first-order valence-corrected chi connectivity index (χ1v) is 12.7. The molecule has 0 atom stereocenters. The largest absolute Gasteiger partial charge is 0.354 e. The molecular formula is C28H32N6O2. The van der Waals surface area contributed by atoms with Crippen LogP contribution in [-0.2, 0) is 6.42 Å². The maximum atomic E-state index is 13.0. The van der Waals surface area contributed by atoms with Crippen LogP contribution < -0.4 is 10.2 Å². The van der Waals surface area contributed by atoms with Crippen LogP contribution >= 0.6 is 0 Å². The maximum absolute atomic E-state index is 13.0. The number of carbonyl (C=O) groups excluding carboxylic acids is 1. The summed E-state index contributed by atoms with van der Waals surface area (Å²) < 4.78 is 5.72. The number of fused-ring (bicyclic) bond motifs is 1. The number of carbonyl (C=O) groups is 1. The molecule has 0 unspecified atom stereocenters. The third-order valence-electron chi connectivity index (χ3n) is 6.52. The van der Waals surface area contributed by atoms with Gasteiger partial charge in [-0.05, 0) is 37.5 Å². The zero-order valence-electron chi connectivity index (χ0n) is 20.9. The van der Waals surface area contributed by atoms with Gasteiger partial charge in [0.05, 0.1) is 0 Å². The van der Waals surface area contributed by atoms with Crippen molar-refractivity contribution in [3.05, 3.63) is 66.0 Å². The van der Waals surface area contributed by atoms with Crippen molar-refractivity contribution < 1.29 is 9.32 Å².